The van der Waals surface area contributed by atoms with Crippen molar-refractivity contribution in [2.75, 3.05) is 13.2 Å². The monoisotopic (exact) mass is 956 g/mol. The van der Waals surface area contributed by atoms with Crippen molar-refractivity contribution >= 4 is 11.9 Å². The number of ether oxygens (including phenoxy) is 1. The number of aliphatic hydroxyl groups is 2. The van der Waals surface area contributed by atoms with E-state index in [0.29, 0.717) is 19.4 Å². The van der Waals surface area contributed by atoms with Crippen molar-refractivity contribution < 1.29 is 24.5 Å². The molecule has 0 aromatic heterocycles. The van der Waals surface area contributed by atoms with Crippen molar-refractivity contribution in [2.24, 2.45) is 0 Å². The van der Waals surface area contributed by atoms with Crippen LogP contribution in [0.1, 0.15) is 322 Å². The maximum atomic E-state index is 12.5. The van der Waals surface area contributed by atoms with Crippen LogP contribution in [0.3, 0.4) is 0 Å². The molecule has 0 rings (SSSR count). The highest BCUT2D eigenvalue weighted by Gasteiger charge is 2.18. The Labute approximate surface area is 424 Å². The van der Waals surface area contributed by atoms with Gasteiger partial charge in [-0.05, 0) is 64.2 Å². The normalized spacial score (nSPS) is 12.8. The third-order valence-corrected chi connectivity index (χ3v) is 13.9. The van der Waals surface area contributed by atoms with Gasteiger partial charge in [0.05, 0.1) is 25.4 Å². The lowest BCUT2D eigenvalue weighted by Crippen LogP contribution is -2.45. The summed E-state index contributed by atoms with van der Waals surface area (Å²) >= 11 is 0. The number of hydrogen-bond acceptors (Lipinski definition) is 5. The summed E-state index contributed by atoms with van der Waals surface area (Å²) in [4.78, 5) is 24.6. The van der Waals surface area contributed by atoms with Crippen molar-refractivity contribution in [3.05, 3.63) is 36.5 Å². The Bertz CT molecular complexity index is 1100. The van der Waals surface area contributed by atoms with Crippen LogP contribution in [-0.2, 0) is 14.3 Å². The van der Waals surface area contributed by atoms with E-state index in [1.54, 1.807) is 6.08 Å². The van der Waals surface area contributed by atoms with E-state index >= 15 is 0 Å². The minimum absolute atomic E-state index is 0.0138. The second kappa shape index (κ2) is 57.7. The van der Waals surface area contributed by atoms with Crippen molar-refractivity contribution in [1.29, 1.82) is 0 Å². The molecule has 3 N–H and O–H groups in total. The van der Waals surface area contributed by atoms with E-state index in [1.165, 1.54) is 231 Å². The van der Waals surface area contributed by atoms with Crippen LogP contribution in [-0.4, -0.2) is 47.4 Å². The Morgan fingerprint density at radius 2 is 0.735 bits per heavy atom. The van der Waals surface area contributed by atoms with Crippen LogP contribution < -0.4 is 5.32 Å². The molecule has 0 aromatic rings. The van der Waals surface area contributed by atoms with E-state index in [0.717, 1.165) is 64.2 Å². The van der Waals surface area contributed by atoms with Gasteiger partial charge in [-0.2, -0.15) is 0 Å². The molecule has 0 fully saturated rings. The predicted octanol–water partition coefficient (Wildman–Crippen LogP) is 18.8. The second-order valence-electron chi connectivity index (χ2n) is 20.7. The first kappa shape index (κ1) is 66.1. The summed E-state index contributed by atoms with van der Waals surface area (Å²) in [6.07, 6.45) is 71.6. The number of carbonyl (C=O) groups excluding carboxylic acids is 2. The molecule has 0 spiro atoms. The third-order valence-electron chi connectivity index (χ3n) is 13.9. The molecule has 0 heterocycles. The van der Waals surface area contributed by atoms with Crippen LogP contribution in [0.5, 0.6) is 0 Å². The van der Waals surface area contributed by atoms with Gasteiger partial charge >= 0.3 is 5.97 Å². The summed E-state index contributed by atoms with van der Waals surface area (Å²) in [5.74, 6) is -0.0929. The molecule has 2 unspecified atom stereocenters. The van der Waals surface area contributed by atoms with Gasteiger partial charge in [0, 0.05) is 12.8 Å². The maximum absolute atomic E-state index is 12.5. The number of rotatable bonds is 56. The molecule has 6 nitrogen and oxygen atoms in total. The Morgan fingerprint density at radius 3 is 1.13 bits per heavy atom. The molecule has 0 aliphatic heterocycles. The van der Waals surface area contributed by atoms with Crippen LogP contribution in [0.15, 0.2) is 36.5 Å². The van der Waals surface area contributed by atoms with E-state index in [4.69, 9.17) is 4.74 Å². The minimum Gasteiger partial charge on any atom is -0.466 e. The van der Waals surface area contributed by atoms with Gasteiger partial charge in [0.15, 0.2) is 0 Å². The van der Waals surface area contributed by atoms with Gasteiger partial charge in [-0.1, -0.05) is 281 Å². The summed E-state index contributed by atoms with van der Waals surface area (Å²) in [5.41, 5.74) is 0. The van der Waals surface area contributed by atoms with E-state index in [1.807, 2.05) is 6.08 Å². The summed E-state index contributed by atoms with van der Waals surface area (Å²) in [7, 11) is 0. The summed E-state index contributed by atoms with van der Waals surface area (Å²) < 4.78 is 5.48. The maximum Gasteiger partial charge on any atom is 0.305 e. The quantitative estimate of drug-likeness (QED) is 0.0321. The molecule has 0 aromatic carbocycles. The number of nitrogens with one attached hydrogen (secondary N) is 1. The van der Waals surface area contributed by atoms with E-state index in [2.05, 4.69) is 43.5 Å². The fourth-order valence-electron chi connectivity index (χ4n) is 9.25. The molecule has 1 amide bonds. The highest BCUT2D eigenvalue weighted by Crippen LogP contribution is 2.17. The minimum atomic E-state index is -0.855. The number of amides is 1. The van der Waals surface area contributed by atoms with Gasteiger partial charge < -0.3 is 20.3 Å². The molecular formula is C62H117NO5. The lowest BCUT2D eigenvalue weighted by molar-refractivity contribution is -0.143. The molecule has 6 heteroatoms. The van der Waals surface area contributed by atoms with Crippen LogP contribution in [0.25, 0.3) is 0 Å². The molecule has 2 atom stereocenters. The van der Waals surface area contributed by atoms with E-state index in [-0.39, 0.29) is 18.5 Å². The van der Waals surface area contributed by atoms with Gasteiger partial charge in [0.1, 0.15) is 0 Å². The summed E-state index contributed by atoms with van der Waals surface area (Å²) in [6, 6.07) is -0.639. The van der Waals surface area contributed by atoms with Crippen molar-refractivity contribution in [3.63, 3.8) is 0 Å². The number of allylic oxidation sites excluding steroid dienone is 5. The third kappa shape index (κ3) is 53.4. The fraction of sp³-hybridized carbons (Fsp3) is 0.871. The highest BCUT2D eigenvalue weighted by molar-refractivity contribution is 5.76. The van der Waals surface area contributed by atoms with Gasteiger partial charge in [0.2, 0.25) is 5.91 Å². The Morgan fingerprint density at radius 1 is 0.412 bits per heavy atom. The SMILES string of the molecule is CCCCCC/C=C\C/C=C\CCCCCCCCCC(=O)OCCCCCCCCCCCCCCCC(=O)NC(CO)C(O)/C=C/CCCCCCCCCCCCCCCCCCCC. The average Bonchev–Trinajstić information content (AvgIpc) is 3.34. The molecule has 0 bridgehead atoms. The highest BCUT2D eigenvalue weighted by atomic mass is 16.5. The first-order valence-electron chi connectivity index (χ1n) is 30.3. The van der Waals surface area contributed by atoms with Gasteiger partial charge in [-0.25, -0.2) is 0 Å². The zero-order chi connectivity index (χ0) is 49.3. The lowest BCUT2D eigenvalue weighted by Gasteiger charge is -2.20. The standard InChI is InChI=1S/C62H117NO5/c1-3-5-7-9-11-13-15-17-19-21-23-24-25-27-30-34-38-42-46-50-54-60(65)59(58-64)63-61(66)55-51-47-43-39-35-31-29-33-37-41-45-49-53-57-68-62(67)56-52-48-44-40-36-32-28-26-22-20-18-16-14-12-10-8-6-4-2/h14,16,20,22,50,54,59-60,64-65H,3-13,15,17-19,21,23-49,51-53,55-58H2,1-2H3,(H,63,66)/b16-14-,22-20-,54-50+. The second-order valence-corrected chi connectivity index (χ2v) is 20.7. The molecule has 0 aliphatic carbocycles. The first-order chi connectivity index (χ1) is 33.5. The zero-order valence-corrected chi connectivity index (χ0v) is 45.6. The smallest absolute Gasteiger partial charge is 0.305 e. The Balaban J connectivity index is 3.48. The van der Waals surface area contributed by atoms with Gasteiger partial charge in [-0.15, -0.1) is 0 Å². The van der Waals surface area contributed by atoms with Crippen molar-refractivity contribution in [1.82, 2.24) is 5.32 Å². The lowest BCUT2D eigenvalue weighted by atomic mass is 10.0. The molecule has 400 valence electrons. The summed E-state index contributed by atoms with van der Waals surface area (Å²) in [5, 5.41) is 23.2. The van der Waals surface area contributed by atoms with Crippen LogP contribution in [0.2, 0.25) is 0 Å². The number of hydrogen-bond donors (Lipinski definition) is 3. The predicted molar refractivity (Wildman–Crippen MR) is 296 cm³/mol. The van der Waals surface area contributed by atoms with E-state index < -0.39 is 12.1 Å². The molecule has 0 radical (unpaired) electrons. The van der Waals surface area contributed by atoms with Gasteiger partial charge in [0.25, 0.3) is 0 Å². The van der Waals surface area contributed by atoms with Crippen LogP contribution in [0.4, 0.5) is 0 Å². The zero-order valence-electron chi connectivity index (χ0n) is 45.6. The largest absolute Gasteiger partial charge is 0.466 e. The van der Waals surface area contributed by atoms with Gasteiger partial charge in [-0.3, -0.25) is 9.59 Å². The molecule has 0 saturated heterocycles. The van der Waals surface area contributed by atoms with Crippen LogP contribution >= 0.6 is 0 Å². The first-order valence-corrected chi connectivity index (χ1v) is 30.3. The molecular weight excluding hydrogens is 839 g/mol. The molecule has 68 heavy (non-hydrogen) atoms. The fourth-order valence-corrected chi connectivity index (χ4v) is 9.25. The number of esters is 1. The number of aliphatic hydroxyl groups excluding tert-OH is 2. The van der Waals surface area contributed by atoms with Crippen molar-refractivity contribution in [2.45, 2.75) is 334 Å². The molecule has 0 aliphatic rings. The molecule has 0 saturated carbocycles. The summed E-state index contributed by atoms with van der Waals surface area (Å²) in [6.45, 7) is 4.87. The van der Waals surface area contributed by atoms with E-state index in [9.17, 15) is 19.8 Å². The number of unbranched alkanes of at least 4 members (excludes halogenated alkanes) is 41. The average molecular weight is 957 g/mol. The van der Waals surface area contributed by atoms with Crippen LogP contribution in [0, 0.1) is 0 Å². The Hall–Kier alpha value is -1.92. The number of carbonyl (C=O) groups is 2. The topological polar surface area (TPSA) is 95.9 Å². The Kier molecular flexibility index (Phi) is 56.0. The van der Waals surface area contributed by atoms with Crippen molar-refractivity contribution in [3.8, 4) is 0 Å².